The van der Waals surface area contributed by atoms with Crippen molar-refractivity contribution in [2.75, 3.05) is 19.8 Å². The second-order valence-electron chi connectivity index (χ2n) is 6.36. The van der Waals surface area contributed by atoms with E-state index >= 15 is 0 Å². The molecule has 110 valence electrons. The molecule has 0 radical (unpaired) electrons. The zero-order chi connectivity index (χ0) is 13.8. The average Bonchev–Trinajstić information content (AvgIpc) is 2.47. The molecule has 1 aromatic rings. The normalized spacial score (nSPS) is 23.9. The summed E-state index contributed by atoms with van der Waals surface area (Å²) < 4.78 is 5.50. The predicted octanol–water partition coefficient (Wildman–Crippen LogP) is 3.51. The Labute approximate surface area is 122 Å². The van der Waals surface area contributed by atoms with Crippen molar-refractivity contribution in [1.29, 1.82) is 0 Å². The van der Waals surface area contributed by atoms with E-state index in [0.29, 0.717) is 6.04 Å². The number of ether oxygens (including phenoxy) is 1. The molecule has 1 aliphatic heterocycles. The van der Waals surface area contributed by atoms with Crippen LogP contribution in [0.3, 0.4) is 0 Å². The van der Waals surface area contributed by atoms with Crippen molar-refractivity contribution in [3.05, 3.63) is 35.4 Å². The van der Waals surface area contributed by atoms with Crippen molar-refractivity contribution in [2.45, 2.75) is 51.0 Å². The van der Waals surface area contributed by atoms with Crippen LogP contribution in [0.15, 0.2) is 24.3 Å². The molecule has 1 N–H and O–H groups in total. The third-order valence-electron chi connectivity index (χ3n) is 4.96. The van der Waals surface area contributed by atoms with E-state index in [1.54, 1.807) is 11.1 Å². The Balaban J connectivity index is 1.64. The minimum atomic E-state index is 0.660. The summed E-state index contributed by atoms with van der Waals surface area (Å²) in [5, 5.41) is 3.82. The van der Waals surface area contributed by atoms with Crippen molar-refractivity contribution in [2.24, 2.45) is 5.92 Å². The summed E-state index contributed by atoms with van der Waals surface area (Å²) in [6, 6.07) is 9.64. The molecule has 2 nitrogen and oxygen atoms in total. The van der Waals surface area contributed by atoms with Gasteiger partial charge in [-0.05, 0) is 55.7 Å². The minimum Gasteiger partial charge on any atom is -0.381 e. The average molecular weight is 273 g/mol. The summed E-state index contributed by atoms with van der Waals surface area (Å²) in [6.45, 7) is 5.33. The Morgan fingerprint density at radius 3 is 2.80 bits per heavy atom. The van der Waals surface area contributed by atoms with Crippen LogP contribution in [0.1, 0.15) is 49.7 Å². The topological polar surface area (TPSA) is 21.3 Å². The van der Waals surface area contributed by atoms with Gasteiger partial charge in [0.15, 0.2) is 0 Å². The van der Waals surface area contributed by atoms with Gasteiger partial charge in [0.1, 0.15) is 0 Å². The molecule has 2 atom stereocenters. The van der Waals surface area contributed by atoms with E-state index in [1.807, 2.05) is 0 Å². The highest BCUT2D eigenvalue weighted by Gasteiger charge is 2.33. The summed E-state index contributed by atoms with van der Waals surface area (Å²) in [7, 11) is 0. The molecule has 2 heteroatoms. The standard InChI is InChI=1S/C18H27NO/c1-2-9-19-18(12-14-7-10-20-11-8-14)17-13-15-5-3-4-6-16(15)17/h3-6,14,17-19H,2,7-13H2,1H3. The van der Waals surface area contributed by atoms with Crippen LogP contribution >= 0.6 is 0 Å². The number of benzene rings is 1. The first-order valence-corrected chi connectivity index (χ1v) is 8.27. The summed E-state index contributed by atoms with van der Waals surface area (Å²) >= 11 is 0. The summed E-state index contributed by atoms with van der Waals surface area (Å²) in [5.74, 6) is 1.59. The smallest absolute Gasteiger partial charge is 0.0468 e. The molecule has 1 aliphatic carbocycles. The molecule has 3 rings (SSSR count). The lowest BCUT2D eigenvalue weighted by Gasteiger charge is -2.39. The molecule has 0 bridgehead atoms. The Hall–Kier alpha value is -0.860. The quantitative estimate of drug-likeness (QED) is 0.856. The Kier molecular flexibility index (Phi) is 4.74. The highest BCUT2D eigenvalue weighted by Crippen LogP contribution is 2.39. The fourth-order valence-electron chi connectivity index (χ4n) is 3.72. The lowest BCUT2D eigenvalue weighted by molar-refractivity contribution is 0.0590. The van der Waals surface area contributed by atoms with Gasteiger partial charge in [0.05, 0.1) is 0 Å². The van der Waals surface area contributed by atoms with E-state index in [4.69, 9.17) is 4.74 Å². The van der Waals surface area contributed by atoms with Gasteiger partial charge >= 0.3 is 0 Å². The van der Waals surface area contributed by atoms with Crippen LogP contribution in [0, 0.1) is 5.92 Å². The maximum absolute atomic E-state index is 5.50. The van der Waals surface area contributed by atoms with Crippen molar-refractivity contribution >= 4 is 0 Å². The zero-order valence-corrected chi connectivity index (χ0v) is 12.6. The monoisotopic (exact) mass is 273 g/mol. The second-order valence-corrected chi connectivity index (χ2v) is 6.36. The van der Waals surface area contributed by atoms with E-state index in [0.717, 1.165) is 31.6 Å². The number of rotatable bonds is 6. The first-order valence-electron chi connectivity index (χ1n) is 8.27. The SMILES string of the molecule is CCCNC(CC1CCOCC1)C1Cc2ccccc21. The van der Waals surface area contributed by atoms with Crippen LogP contribution in [0.25, 0.3) is 0 Å². The number of nitrogens with one attached hydrogen (secondary N) is 1. The third kappa shape index (κ3) is 3.07. The van der Waals surface area contributed by atoms with Crippen LogP contribution in [-0.4, -0.2) is 25.8 Å². The minimum absolute atomic E-state index is 0.660. The summed E-state index contributed by atoms with van der Waals surface area (Å²) in [5.41, 5.74) is 3.15. The molecule has 20 heavy (non-hydrogen) atoms. The fourth-order valence-corrected chi connectivity index (χ4v) is 3.72. The second kappa shape index (κ2) is 6.73. The van der Waals surface area contributed by atoms with Gasteiger partial charge in [-0.15, -0.1) is 0 Å². The van der Waals surface area contributed by atoms with E-state index in [-0.39, 0.29) is 0 Å². The van der Waals surface area contributed by atoms with Gasteiger partial charge in [-0.2, -0.15) is 0 Å². The van der Waals surface area contributed by atoms with Crippen molar-refractivity contribution in [1.82, 2.24) is 5.32 Å². The van der Waals surface area contributed by atoms with E-state index in [9.17, 15) is 0 Å². The maximum Gasteiger partial charge on any atom is 0.0468 e. The molecular formula is C18H27NO. The van der Waals surface area contributed by atoms with Crippen molar-refractivity contribution in [3.8, 4) is 0 Å². The fraction of sp³-hybridized carbons (Fsp3) is 0.667. The Bertz CT molecular complexity index is 425. The van der Waals surface area contributed by atoms with Gasteiger partial charge in [-0.25, -0.2) is 0 Å². The lowest BCUT2D eigenvalue weighted by Crippen LogP contribution is -2.42. The van der Waals surface area contributed by atoms with Gasteiger partial charge in [-0.3, -0.25) is 0 Å². The van der Waals surface area contributed by atoms with Crippen molar-refractivity contribution in [3.63, 3.8) is 0 Å². The lowest BCUT2D eigenvalue weighted by atomic mass is 9.71. The first kappa shape index (κ1) is 14.1. The largest absolute Gasteiger partial charge is 0.381 e. The van der Waals surface area contributed by atoms with E-state index < -0.39 is 0 Å². The van der Waals surface area contributed by atoms with Gasteiger partial charge in [0.25, 0.3) is 0 Å². The number of fused-ring (bicyclic) bond motifs is 1. The highest BCUT2D eigenvalue weighted by molar-refractivity contribution is 5.41. The molecule has 1 aromatic carbocycles. The van der Waals surface area contributed by atoms with Crippen LogP contribution < -0.4 is 5.32 Å². The molecule has 1 fully saturated rings. The van der Waals surface area contributed by atoms with Crippen LogP contribution in [0.4, 0.5) is 0 Å². The predicted molar refractivity (Wildman–Crippen MR) is 83.1 cm³/mol. The van der Waals surface area contributed by atoms with Crippen LogP contribution in [0.5, 0.6) is 0 Å². The Morgan fingerprint density at radius 2 is 2.05 bits per heavy atom. The first-order chi connectivity index (χ1) is 9.88. The zero-order valence-electron chi connectivity index (χ0n) is 12.6. The maximum atomic E-state index is 5.50. The highest BCUT2D eigenvalue weighted by atomic mass is 16.5. The molecule has 0 aromatic heterocycles. The number of hydrogen-bond donors (Lipinski definition) is 1. The molecule has 1 saturated heterocycles. The molecule has 0 saturated carbocycles. The van der Waals surface area contributed by atoms with Crippen LogP contribution in [-0.2, 0) is 11.2 Å². The van der Waals surface area contributed by atoms with Gasteiger partial charge in [-0.1, -0.05) is 31.2 Å². The van der Waals surface area contributed by atoms with Gasteiger partial charge < -0.3 is 10.1 Å². The summed E-state index contributed by atoms with van der Waals surface area (Å²) in [4.78, 5) is 0. The number of hydrogen-bond acceptors (Lipinski definition) is 2. The molecule has 1 heterocycles. The van der Waals surface area contributed by atoms with Gasteiger partial charge in [0, 0.05) is 25.2 Å². The van der Waals surface area contributed by atoms with Crippen molar-refractivity contribution < 1.29 is 4.74 Å². The molecule has 0 amide bonds. The molecule has 2 aliphatic rings. The molecular weight excluding hydrogens is 246 g/mol. The molecule has 2 unspecified atom stereocenters. The van der Waals surface area contributed by atoms with Gasteiger partial charge in [0.2, 0.25) is 0 Å². The van der Waals surface area contributed by atoms with E-state index in [1.165, 1.54) is 32.1 Å². The molecule has 0 spiro atoms. The van der Waals surface area contributed by atoms with E-state index in [2.05, 4.69) is 36.5 Å². The summed E-state index contributed by atoms with van der Waals surface area (Å²) in [6.07, 6.45) is 6.30. The Morgan fingerprint density at radius 1 is 1.25 bits per heavy atom. The van der Waals surface area contributed by atoms with Crippen LogP contribution in [0.2, 0.25) is 0 Å². The third-order valence-corrected chi connectivity index (χ3v) is 4.96.